The first-order valence-corrected chi connectivity index (χ1v) is 9.24. The SMILES string of the molecule is Cc1nn(C)c(N2CC[C@@H](S(=O)(=O)N3CCCC3)C2)c1[N+](=O)[O-]. The van der Waals surface area contributed by atoms with E-state index in [0.29, 0.717) is 37.6 Å². The number of hydrogen-bond donors (Lipinski definition) is 0. The molecule has 2 fully saturated rings. The van der Waals surface area contributed by atoms with Gasteiger partial charge in [0.1, 0.15) is 5.69 Å². The summed E-state index contributed by atoms with van der Waals surface area (Å²) < 4.78 is 28.4. The van der Waals surface area contributed by atoms with Gasteiger partial charge in [0.2, 0.25) is 15.8 Å². The molecule has 0 aromatic carbocycles. The largest absolute Gasteiger partial charge is 0.350 e. The molecule has 3 rings (SSSR count). The van der Waals surface area contributed by atoms with Crippen LogP contribution in [0.15, 0.2) is 0 Å². The van der Waals surface area contributed by atoms with Crippen molar-refractivity contribution in [2.45, 2.75) is 31.4 Å². The molecule has 0 saturated carbocycles. The molecular weight excluding hydrogens is 322 g/mol. The number of aryl methyl sites for hydroxylation is 2. The number of sulfonamides is 1. The Bertz CT molecular complexity index is 723. The average Bonchev–Trinajstić information content (AvgIpc) is 3.16. The van der Waals surface area contributed by atoms with E-state index in [0.717, 1.165) is 12.8 Å². The lowest BCUT2D eigenvalue weighted by Crippen LogP contribution is -2.38. The lowest BCUT2D eigenvalue weighted by molar-refractivity contribution is -0.384. The summed E-state index contributed by atoms with van der Waals surface area (Å²) in [6, 6.07) is 0. The van der Waals surface area contributed by atoms with Crippen LogP contribution in [0.5, 0.6) is 0 Å². The molecule has 0 unspecified atom stereocenters. The predicted molar refractivity (Wildman–Crippen MR) is 84.9 cm³/mol. The van der Waals surface area contributed by atoms with E-state index in [1.807, 2.05) is 0 Å². The first-order chi connectivity index (χ1) is 10.8. The maximum atomic E-state index is 12.7. The van der Waals surface area contributed by atoms with Crippen LogP contribution in [0.1, 0.15) is 25.0 Å². The Morgan fingerprint density at radius 3 is 2.52 bits per heavy atom. The van der Waals surface area contributed by atoms with Gasteiger partial charge in [0, 0.05) is 33.2 Å². The third-order valence-electron chi connectivity index (χ3n) is 4.63. The predicted octanol–water partition coefficient (Wildman–Crippen LogP) is 0.641. The highest BCUT2D eigenvalue weighted by molar-refractivity contribution is 7.89. The lowest BCUT2D eigenvalue weighted by atomic mass is 10.3. The van der Waals surface area contributed by atoms with Crippen molar-refractivity contribution in [3.63, 3.8) is 0 Å². The summed E-state index contributed by atoms with van der Waals surface area (Å²) in [5.41, 5.74) is 0.310. The summed E-state index contributed by atoms with van der Waals surface area (Å²) in [7, 11) is -1.68. The van der Waals surface area contributed by atoms with Gasteiger partial charge in [-0.1, -0.05) is 0 Å². The summed E-state index contributed by atoms with van der Waals surface area (Å²) in [6.45, 7) is 3.53. The molecule has 0 amide bonds. The number of hydrogen-bond acceptors (Lipinski definition) is 6. The number of aromatic nitrogens is 2. The molecule has 0 N–H and O–H groups in total. The summed E-state index contributed by atoms with van der Waals surface area (Å²) in [5, 5.41) is 14.9. The third kappa shape index (κ3) is 2.69. The quantitative estimate of drug-likeness (QED) is 0.587. The van der Waals surface area contributed by atoms with E-state index in [4.69, 9.17) is 0 Å². The molecule has 0 bridgehead atoms. The summed E-state index contributed by atoms with van der Waals surface area (Å²) in [5.74, 6) is 0.395. The number of nitro groups is 1. The van der Waals surface area contributed by atoms with Gasteiger partial charge in [-0.2, -0.15) is 5.10 Å². The Kier molecular flexibility index (Phi) is 4.05. The molecule has 2 saturated heterocycles. The van der Waals surface area contributed by atoms with Crippen molar-refractivity contribution in [1.82, 2.24) is 14.1 Å². The Morgan fingerprint density at radius 2 is 1.91 bits per heavy atom. The zero-order valence-corrected chi connectivity index (χ0v) is 14.1. The Balaban J connectivity index is 1.85. The fourth-order valence-corrected chi connectivity index (χ4v) is 5.48. The van der Waals surface area contributed by atoms with Crippen molar-refractivity contribution >= 4 is 21.5 Å². The summed E-state index contributed by atoms with van der Waals surface area (Å²) >= 11 is 0. The number of anilines is 1. The van der Waals surface area contributed by atoms with Gasteiger partial charge in [-0.05, 0) is 26.2 Å². The van der Waals surface area contributed by atoms with Crippen LogP contribution < -0.4 is 4.90 Å². The minimum Gasteiger partial charge on any atom is -0.350 e. The van der Waals surface area contributed by atoms with E-state index in [2.05, 4.69) is 5.10 Å². The maximum absolute atomic E-state index is 12.7. The second kappa shape index (κ2) is 5.75. The standard InChI is InChI=1S/C13H21N5O4S/c1-10-12(18(19)20)13(15(2)14-10)16-8-5-11(9-16)23(21,22)17-6-3-4-7-17/h11H,3-9H2,1-2H3/t11-/m1/s1. The molecule has 1 aromatic rings. The van der Waals surface area contributed by atoms with Crippen LogP contribution in [-0.4, -0.2) is 58.9 Å². The van der Waals surface area contributed by atoms with Crippen molar-refractivity contribution < 1.29 is 13.3 Å². The summed E-state index contributed by atoms with van der Waals surface area (Å²) in [4.78, 5) is 12.6. The first kappa shape index (κ1) is 16.2. The fraction of sp³-hybridized carbons (Fsp3) is 0.769. The molecule has 23 heavy (non-hydrogen) atoms. The van der Waals surface area contributed by atoms with Crippen LogP contribution in [0.25, 0.3) is 0 Å². The molecule has 0 aliphatic carbocycles. The van der Waals surface area contributed by atoms with E-state index in [1.165, 1.54) is 4.68 Å². The normalized spacial score (nSPS) is 22.9. The molecule has 1 aromatic heterocycles. The Hall–Kier alpha value is -1.68. The highest BCUT2D eigenvalue weighted by atomic mass is 32.2. The lowest BCUT2D eigenvalue weighted by Gasteiger charge is -2.21. The molecule has 1 atom stereocenters. The van der Waals surface area contributed by atoms with Crippen LogP contribution in [0.2, 0.25) is 0 Å². The minimum absolute atomic E-state index is 0.0354. The van der Waals surface area contributed by atoms with Crippen molar-refractivity contribution in [3.8, 4) is 0 Å². The van der Waals surface area contributed by atoms with E-state index < -0.39 is 20.2 Å². The maximum Gasteiger partial charge on any atom is 0.333 e. The molecule has 2 aliphatic rings. The van der Waals surface area contributed by atoms with Crippen molar-refractivity contribution in [2.24, 2.45) is 7.05 Å². The zero-order valence-electron chi connectivity index (χ0n) is 13.3. The highest BCUT2D eigenvalue weighted by Gasteiger charge is 2.41. The van der Waals surface area contributed by atoms with Gasteiger partial charge >= 0.3 is 5.69 Å². The monoisotopic (exact) mass is 343 g/mol. The minimum atomic E-state index is -3.33. The van der Waals surface area contributed by atoms with Crippen LogP contribution in [0.4, 0.5) is 11.5 Å². The van der Waals surface area contributed by atoms with Crippen LogP contribution in [0.3, 0.4) is 0 Å². The molecule has 2 aliphatic heterocycles. The van der Waals surface area contributed by atoms with Gasteiger partial charge < -0.3 is 4.90 Å². The third-order valence-corrected chi connectivity index (χ3v) is 6.95. The Labute approximate surface area is 135 Å². The van der Waals surface area contributed by atoms with E-state index in [1.54, 1.807) is 23.2 Å². The molecule has 128 valence electrons. The van der Waals surface area contributed by atoms with Gasteiger partial charge in [-0.3, -0.25) is 10.1 Å². The van der Waals surface area contributed by atoms with E-state index in [-0.39, 0.29) is 12.2 Å². The van der Waals surface area contributed by atoms with Crippen molar-refractivity contribution in [3.05, 3.63) is 15.8 Å². The first-order valence-electron chi connectivity index (χ1n) is 7.74. The van der Waals surface area contributed by atoms with E-state index >= 15 is 0 Å². The van der Waals surface area contributed by atoms with Crippen LogP contribution in [-0.2, 0) is 17.1 Å². The van der Waals surface area contributed by atoms with Gasteiger partial charge in [0.15, 0.2) is 0 Å². The van der Waals surface area contributed by atoms with Crippen LogP contribution in [0, 0.1) is 17.0 Å². The van der Waals surface area contributed by atoms with Crippen molar-refractivity contribution in [2.75, 3.05) is 31.1 Å². The van der Waals surface area contributed by atoms with Gasteiger partial charge in [0.25, 0.3) is 0 Å². The molecular formula is C13H21N5O4S. The number of rotatable bonds is 4. The topological polar surface area (TPSA) is 102 Å². The van der Waals surface area contributed by atoms with Crippen LogP contribution >= 0.6 is 0 Å². The second-order valence-corrected chi connectivity index (χ2v) is 8.36. The molecule has 10 heteroatoms. The average molecular weight is 343 g/mol. The molecule has 0 spiro atoms. The number of nitrogens with zero attached hydrogens (tertiary/aromatic N) is 5. The smallest absolute Gasteiger partial charge is 0.333 e. The van der Waals surface area contributed by atoms with Gasteiger partial charge in [-0.15, -0.1) is 0 Å². The van der Waals surface area contributed by atoms with Gasteiger partial charge in [-0.25, -0.2) is 17.4 Å². The molecule has 0 radical (unpaired) electrons. The van der Waals surface area contributed by atoms with E-state index in [9.17, 15) is 18.5 Å². The molecule has 9 nitrogen and oxygen atoms in total. The fourth-order valence-electron chi connectivity index (χ4n) is 3.52. The molecule has 3 heterocycles. The summed E-state index contributed by atoms with van der Waals surface area (Å²) in [6.07, 6.45) is 2.30. The highest BCUT2D eigenvalue weighted by Crippen LogP contribution is 2.34. The van der Waals surface area contributed by atoms with Crippen molar-refractivity contribution in [1.29, 1.82) is 0 Å². The zero-order chi connectivity index (χ0) is 16.8. The van der Waals surface area contributed by atoms with Gasteiger partial charge in [0.05, 0.1) is 10.2 Å². The Morgan fingerprint density at radius 1 is 1.26 bits per heavy atom. The second-order valence-electron chi connectivity index (χ2n) is 6.15.